The van der Waals surface area contributed by atoms with Gasteiger partial charge in [-0.3, -0.25) is 10.1 Å². The van der Waals surface area contributed by atoms with Gasteiger partial charge in [0.05, 0.1) is 11.1 Å². The molecular weight excluding hydrogens is 424 g/mol. The number of para-hydroxylation sites is 1. The topological polar surface area (TPSA) is 50.4 Å². The zero-order chi connectivity index (χ0) is 20.0. The summed E-state index contributed by atoms with van der Waals surface area (Å²) in [6.45, 7) is 8.94. The highest BCUT2D eigenvalue weighted by molar-refractivity contribution is 9.10. The first-order chi connectivity index (χ1) is 12.8. The van der Waals surface area contributed by atoms with Crippen molar-refractivity contribution in [2.45, 2.75) is 34.1 Å². The van der Waals surface area contributed by atoms with Gasteiger partial charge in [-0.05, 0) is 83.7 Å². The molecular formula is C21H25BrN2O2S. The van der Waals surface area contributed by atoms with Crippen molar-refractivity contribution in [3.63, 3.8) is 0 Å². The van der Waals surface area contributed by atoms with E-state index in [1.54, 1.807) is 18.2 Å². The number of aryl methyl sites for hydroxylation is 2. The summed E-state index contributed by atoms with van der Waals surface area (Å²) in [5.74, 6) is 1.04. The van der Waals surface area contributed by atoms with Gasteiger partial charge in [0, 0.05) is 11.3 Å². The number of nitrogens with one attached hydrogen (secondary N) is 2. The molecule has 0 fully saturated rings. The number of carbonyl (C=O) groups excluding carboxylic acids is 1. The lowest BCUT2D eigenvalue weighted by molar-refractivity contribution is 0.0977. The molecule has 2 aromatic rings. The zero-order valence-corrected chi connectivity index (χ0v) is 18.5. The van der Waals surface area contributed by atoms with Crippen molar-refractivity contribution in [3.8, 4) is 5.75 Å². The summed E-state index contributed by atoms with van der Waals surface area (Å²) in [5, 5.41) is 6.10. The molecule has 2 aromatic carbocycles. The first-order valence-corrected chi connectivity index (χ1v) is 10.1. The molecule has 144 valence electrons. The van der Waals surface area contributed by atoms with Gasteiger partial charge in [-0.15, -0.1) is 0 Å². The second-order valence-electron chi connectivity index (χ2n) is 6.85. The van der Waals surface area contributed by atoms with E-state index in [4.69, 9.17) is 17.0 Å². The average molecular weight is 449 g/mol. The summed E-state index contributed by atoms with van der Waals surface area (Å²) in [6, 6.07) is 11.2. The highest BCUT2D eigenvalue weighted by Crippen LogP contribution is 2.26. The van der Waals surface area contributed by atoms with Crippen LogP contribution in [0.4, 0.5) is 5.69 Å². The van der Waals surface area contributed by atoms with Gasteiger partial charge in [0.15, 0.2) is 5.11 Å². The minimum absolute atomic E-state index is 0.269. The third-order valence-electron chi connectivity index (χ3n) is 4.09. The summed E-state index contributed by atoms with van der Waals surface area (Å²) >= 11 is 8.76. The first kappa shape index (κ1) is 21.4. The molecule has 0 aliphatic rings. The van der Waals surface area contributed by atoms with Crippen molar-refractivity contribution < 1.29 is 9.53 Å². The van der Waals surface area contributed by atoms with Crippen molar-refractivity contribution in [1.82, 2.24) is 5.32 Å². The number of hydrogen-bond donors (Lipinski definition) is 2. The highest BCUT2D eigenvalue weighted by Gasteiger charge is 2.12. The van der Waals surface area contributed by atoms with Crippen LogP contribution >= 0.6 is 28.1 Å². The third-order valence-corrected chi connectivity index (χ3v) is 4.92. The van der Waals surface area contributed by atoms with Crippen molar-refractivity contribution >= 4 is 44.9 Å². The quantitative estimate of drug-likeness (QED) is 0.563. The van der Waals surface area contributed by atoms with Crippen LogP contribution in [0.1, 0.15) is 41.8 Å². The monoisotopic (exact) mass is 448 g/mol. The Kier molecular flexibility index (Phi) is 7.80. The number of hydrogen-bond acceptors (Lipinski definition) is 3. The maximum atomic E-state index is 12.5. The molecule has 1 amide bonds. The number of anilines is 1. The van der Waals surface area contributed by atoms with Crippen LogP contribution in [0.15, 0.2) is 40.9 Å². The van der Waals surface area contributed by atoms with Gasteiger partial charge < -0.3 is 10.1 Å². The molecule has 2 N–H and O–H groups in total. The van der Waals surface area contributed by atoms with E-state index in [9.17, 15) is 4.79 Å². The molecule has 0 saturated carbocycles. The summed E-state index contributed by atoms with van der Waals surface area (Å²) in [7, 11) is 0. The number of rotatable bonds is 6. The second kappa shape index (κ2) is 9.85. The molecule has 27 heavy (non-hydrogen) atoms. The average Bonchev–Trinajstić information content (AvgIpc) is 2.59. The summed E-state index contributed by atoms with van der Waals surface area (Å²) in [6.07, 6.45) is 0.979. The van der Waals surface area contributed by atoms with Crippen LogP contribution in [0.25, 0.3) is 0 Å². The van der Waals surface area contributed by atoms with Gasteiger partial charge in [-0.2, -0.15) is 0 Å². The first-order valence-electron chi connectivity index (χ1n) is 8.89. The van der Waals surface area contributed by atoms with E-state index in [0.29, 0.717) is 18.1 Å². The van der Waals surface area contributed by atoms with E-state index in [1.807, 2.05) is 32.0 Å². The van der Waals surface area contributed by atoms with Crippen LogP contribution in [-0.2, 0) is 0 Å². The fourth-order valence-electron chi connectivity index (χ4n) is 2.50. The SMILES string of the molecule is Cc1cccc(C)c1NC(=S)NC(=O)c1ccc(OCCC(C)C)c(Br)c1. The summed E-state index contributed by atoms with van der Waals surface area (Å²) in [5.41, 5.74) is 3.55. The number of carbonyl (C=O) groups is 1. The molecule has 2 rings (SSSR count). The standard InChI is InChI=1S/C21H25BrN2O2S/c1-13(2)10-11-26-18-9-8-16(12-17(18)22)20(25)24-21(27)23-19-14(3)6-5-7-15(19)4/h5-9,12-13H,10-11H2,1-4H3,(H2,23,24,25,27). The van der Waals surface area contributed by atoms with Crippen LogP contribution in [0.2, 0.25) is 0 Å². The predicted molar refractivity (Wildman–Crippen MR) is 119 cm³/mol. The molecule has 6 heteroatoms. The van der Waals surface area contributed by atoms with Crippen LogP contribution in [0.5, 0.6) is 5.75 Å². The molecule has 0 atom stereocenters. The summed E-state index contributed by atoms with van der Waals surface area (Å²) in [4.78, 5) is 12.5. The Morgan fingerprint density at radius 2 is 1.85 bits per heavy atom. The molecule has 0 heterocycles. The Hall–Kier alpha value is -1.92. The van der Waals surface area contributed by atoms with E-state index in [2.05, 4.69) is 40.4 Å². The minimum Gasteiger partial charge on any atom is -0.492 e. The van der Waals surface area contributed by atoms with E-state index in [1.165, 1.54) is 0 Å². The number of halogens is 1. The molecule has 0 spiro atoms. The fraction of sp³-hybridized carbons (Fsp3) is 0.333. The lowest BCUT2D eigenvalue weighted by atomic mass is 10.1. The maximum Gasteiger partial charge on any atom is 0.257 e. The molecule has 0 radical (unpaired) electrons. The Morgan fingerprint density at radius 3 is 2.44 bits per heavy atom. The highest BCUT2D eigenvalue weighted by atomic mass is 79.9. The van der Waals surface area contributed by atoms with E-state index < -0.39 is 0 Å². The van der Waals surface area contributed by atoms with E-state index >= 15 is 0 Å². The fourth-order valence-corrected chi connectivity index (χ4v) is 3.18. The number of amides is 1. The van der Waals surface area contributed by atoms with Gasteiger partial charge >= 0.3 is 0 Å². The lowest BCUT2D eigenvalue weighted by Crippen LogP contribution is -2.34. The summed E-state index contributed by atoms with van der Waals surface area (Å²) < 4.78 is 6.50. The molecule has 0 saturated heterocycles. The number of benzene rings is 2. The normalized spacial score (nSPS) is 10.6. The van der Waals surface area contributed by atoms with Crippen molar-refractivity contribution in [3.05, 3.63) is 57.6 Å². The predicted octanol–water partition coefficient (Wildman–Crippen LogP) is 5.62. The van der Waals surface area contributed by atoms with Crippen LogP contribution < -0.4 is 15.4 Å². The van der Waals surface area contributed by atoms with Crippen LogP contribution in [0, 0.1) is 19.8 Å². The van der Waals surface area contributed by atoms with Gasteiger partial charge in [0.2, 0.25) is 0 Å². The van der Waals surface area contributed by atoms with E-state index in [0.717, 1.165) is 33.5 Å². The van der Waals surface area contributed by atoms with Crippen LogP contribution in [0.3, 0.4) is 0 Å². The second-order valence-corrected chi connectivity index (χ2v) is 8.11. The van der Waals surface area contributed by atoms with Gasteiger partial charge in [0.25, 0.3) is 5.91 Å². The smallest absolute Gasteiger partial charge is 0.257 e. The van der Waals surface area contributed by atoms with Crippen LogP contribution in [-0.4, -0.2) is 17.6 Å². The zero-order valence-electron chi connectivity index (χ0n) is 16.1. The van der Waals surface area contributed by atoms with E-state index in [-0.39, 0.29) is 11.0 Å². The van der Waals surface area contributed by atoms with Crippen molar-refractivity contribution in [2.24, 2.45) is 5.92 Å². The molecule has 0 aliphatic heterocycles. The third kappa shape index (κ3) is 6.33. The Morgan fingerprint density at radius 1 is 1.19 bits per heavy atom. The molecule has 0 bridgehead atoms. The Labute approximate surface area is 174 Å². The molecule has 0 aromatic heterocycles. The Balaban J connectivity index is 1.99. The van der Waals surface area contributed by atoms with Crippen molar-refractivity contribution in [2.75, 3.05) is 11.9 Å². The molecule has 0 aliphatic carbocycles. The van der Waals surface area contributed by atoms with Gasteiger partial charge in [-0.1, -0.05) is 32.0 Å². The number of thiocarbonyl (C=S) groups is 1. The lowest BCUT2D eigenvalue weighted by Gasteiger charge is -2.14. The minimum atomic E-state index is -0.270. The van der Waals surface area contributed by atoms with Gasteiger partial charge in [0.1, 0.15) is 5.75 Å². The van der Waals surface area contributed by atoms with Crippen molar-refractivity contribution in [1.29, 1.82) is 0 Å². The largest absolute Gasteiger partial charge is 0.492 e. The Bertz CT molecular complexity index is 817. The number of ether oxygens (including phenoxy) is 1. The molecule has 0 unspecified atom stereocenters. The van der Waals surface area contributed by atoms with Gasteiger partial charge in [-0.25, -0.2) is 0 Å². The molecule has 4 nitrogen and oxygen atoms in total. The maximum absolute atomic E-state index is 12.5.